The Labute approximate surface area is 159 Å². The van der Waals surface area contributed by atoms with Crippen LogP contribution in [-0.2, 0) is 4.74 Å². The van der Waals surface area contributed by atoms with Crippen LogP contribution in [0.5, 0.6) is 11.5 Å². The molecule has 3 aromatic rings. The molecule has 0 fully saturated rings. The fourth-order valence-electron chi connectivity index (χ4n) is 3.18. The van der Waals surface area contributed by atoms with Gasteiger partial charge >= 0.3 is 11.7 Å². The van der Waals surface area contributed by atoms with Crippen LogP contribution in [0.25, 0.3) is 22.4 Å². The maximum atomic E-state index is 12.6. The Kier molecular flexibility index (Phi) is 4.44. The summed E-state index contributed by atoms with van der Waals surface area (Å²) in [5.41, 5.74) is 1.26. The fourth-order valence-corrected chi connectivity index (χ4v) is 3.18. The highest BCUT2D eigenvalue weighted by molar-refractivity contribution is 6.02. The summed E-state index contributed by atoms with van der Waals surface area (Å²) in [6.07, 6.45) is 0. The van der Waals surface area contributed by atoms with E-state index in [2.05, 4.69) is 4.98 Å². The second-order valence-corrected chi connectivity index (χ2v) is 6.01. The zero-order valence-electron chi connectivity index (χ0n) is 14.9. The molecule has 1 N–H and O–H groups in total. The molecule has 1 aliphatic heterocycles. The Morgan fingerprint density at radius 2 is 1.89 bits per heavy atom. The number of ether oxygens (including phenoxy) is 3. The summed E-state index contributed by atoms with van der Waals surface area (Å²) in [7, 11) is 0. The molecule has 0 unspecified atom stereocenters. The number of aromatic nitrogens is 1. The number of aromatic amines is 1. The second-order valence-electron chi connectivity index (χ2n) is 6.01. The van der Waals surface area contributed by atoms with E-state index in [1.54, 1.807) is 49.4 Å². The smallest absolute Gasteiger partial charge is 0.355 e. The lowest BCUT2D eigenvalue weighted by Gasteiger charge is -2.05. The summed E-state index contributed by atoms with van der Waals surface area (Å²) in [5.74, 6) is 0.340. The highest BCUT2D eigenvalue weighted by Crippen LogP contribution is 2.44. The van der Waals surface area contributed by atoms with Gasteiger partial charge in [-0.1, -0.05) is 36.4 Å². The highest BCUT2D eigenvalue weighted by Gasteiger charge is 2.33. The van der Waals surface area contributed by atoms with E-state index in [0.29, 0.717) is 22.6 Å². The van der Waals surface area contributed by atoms with Crippen LogP contribution < -0.4 is 9.47 Å². The van der Waals surface area contributed by atoms with Crippen LogP contribution in [0.3, 0.4) is 0 Å². The minimum Gasteiger partial charge on any atom is -0.461 e. The van der Waals surface area contributed by atoms with Gasteiger partial charge in [0.1, 0.15) is 11.4 Å². The molecule has 0 radical (unpaired) electrons. The Morgan fingerprint density at radius 1 is 1.14 bits per heavy atom. The minimum atomic E-state index is -0.666. The van der Waals surface area contributed by atoms with Crippen LogP contribution in [0, 0.1) is 10.1 Å². The predicted octanol–water partition coefficient (Wildman–Crippen LogP) is 4.16. The van der Waals surface area contributed by atoms with E-state index >= 15 is 0 Å². The van der Waals surface area contributed by atoms with Crippen LogP contribution in [0.1, 0.15) is 17.4 Å². The van der Waals surface area contributed by atoms with Gasteiger partial charge in [0.2, 0.25) is 6.79 Å². The first-order valence-electron chi connectivity index (χ1n) is 8.63. The summed E-state index contributed by atoms with van der Waals surface area (Å²) in [5, 5.41) is 12.0. The van der Waals surface area contributed by atoms with Gasteiger partial charge in [-0.25, -0.2) is 4.79 Å². The topological polar surface area (TPSA) is 104 Å². The van der Waals surface area contributed by atoms with Crippen molar-refractivity contribution in [1.29, 1.82) is 0 Å². The molecule has 0 spiro atoms. The standard InChI is InChI=1S/C20H16N2O6/c1-2-26-20(23)18-16(13-8-9-14-15(10-13)28-11-27-14)19(22(24)25)17(21-18)12-6-4-3-5-7-12/h3-10,21H,2,11H2,1H3. The molecule has 0 aliphatic carbocycles. The van der Waals surface area contributed by atoms with Crippen molar-refractivity contribution in [2.45, 2.75) is 6.92 Å². The van der Waals surface area contributed by atoms with E-state index in [4.69, 9.17) is 14.2 Å². The third-order valence-electron chi connectivity index (χ3n) is 4.36. The van der Waals surface area contributed by atoms with Gasteiger partial charge in [-0.05, 0) is 24.6 Å². The van der Waals surface area contributed by atoms with Crippen LogP contribution in [0.2, 0.25) is 0 Å². The molecule has 0 atom stereocenters. The van der Waals surface area contributed by atoms with Gasteiger partial charge < -0.3 is 19.2 Å². The molecule has 28 heavy (non-hydrogen) atoms. The molecule has 4 rings (SSSR count). The average molecular weight is 380 g/mol. The number of rotatable bonds is 5. The van der Waals surface area contributed by atoms with Crippen molar-refractivity contribution in [1.82, 2.24) is 4.98 Å². The predicted molar refractivity (Wildman–Crippen MR) is 100 cm³/mol. The molecular formula is C20H16N2O6. The molecule has 0 amide bonds. The molecule has 0 bridgehead atoms. The lowest BCUT2D eigenvalue weighted by molar-refractivity contribution is -0.383. The second kappa shape index (κ2) is 7.07. The first-order chi connectivity index (χ1) is 13.6. The van der Waals surface area contributed by atoms with Gasteiger partial charge in [0.05, 0.1) is 17.1 Å². The first-order valence-corrected chi connectivity index (χ1v) is 8.63. The number of fused-ring (bicyclic) bond motifs is 1. The number of H-pyrrole nitrogens is 1. The molecule has 0 saturated heterocycles. The molecule has 2 heterocycles. The van der Waals surface area contributed by atoms with Gasteiger partial charge in [0.15, 0.2) is 11.5 Å². The lowest BCUT2D eigenvalue weighted by atomic mass is 10.0. The van der Waals surface area contributed by atoms with Gasteiger partial charge in [-0.3, -0.25) is 10.1 Å². The number of hydrogen-bond acceptors (Lipinski definition) is 6. The summed E-state index contributed by atoms with van der Waals surface area (Å²) < 4.78 is 15.8. The Hall–Kier alpha value is -3.81. The van der Waals surface area contributed by atoms with E-state index in [-0.39, 0.29) is 36.0 Å². The van der Waals surface area contributed by atoms with Gasteiger partial charge in [0, 0.05) is 5.56 Å². The molecule has 1 aliphatic rings. The van der Waals surface area contributed by atoms with Crippen LogP contribution in [-0.4, -0.2) is 29.3 Å². The maximum absolute atomic E-state index is 12.6. The molecule has 8 nitrogen and oxygen atoms in total. The third-order valence-corrected chi connectivity index (χ3v) is 4.36. The van der Waals surface area contributed by atoms with Crippen LogP contribution >= 0.6 is 0 Å². The summed E-state index contributed by atoms with van der Waals surface area (Å²) in [6.45, 7) is 1.90. The number of hydrogen-bond donors (Lipinski definition) is 1. The van der Waals surface area contributed by atoms with Crippen molar-refractivity contribution < 1.29 is 23.9 Å². The first kappa shape index (κ1) is 17.6. The molecular weight excluding hydrogens is 364 g/mol. The van der Waals surface area contributed by atoms with Gasteiger partial charge in [-0.2, -0.15) is 0 Å². The third kappa shape index (κ3) is 2.94. The number of nitrogens with one attached hydrogen (secondary N) is 1. The molecule has 0 saturated carbocycles. The monoisotopic (exact) mass is 380 g/mol. The zero-order valence-corrected chi connectivity index (χ0v) is 14.9. The largest absolute Gasteiger partial charge is 0.461 e. The SMILES string of the molecule is CCOC(=O)c1[nH]c(-c2ccccc2)c([N+](=O)[O-])c1-c1ccc2c(c1)OCO2. The number of nitrogens with zero attached hydrogens (tertiary/aromatic N) is 1. The van der Waals surface area contributed by atoms with E-state index in [1.807, 2.05) is 6.07 Å². The van der Waals surface area contributed by atoms with Crippen molar-refractivity contribution in [3.05, 3.63) is 64.3 Å². The van der Waals surface area contributed by atoms with Crippen molar-refractivity contribution in [3.8, 4) is 33.9 Å². The quantitative estimate of drug-likeness (QED) is 0.405. The van der Waals surface area contributed by atoms with Crippen molar-refractivity contribution >= 4 is 11.7 Å². The number of esters is 1. The zero-order chi connectivity index (χ0) is 19.7. The fraction of sp³-hybridized carbons (Fsp3) is 0.150. The summed E-state index contributed by atoms with van der Waals surface area (Å²) in [4.78, 5) is 27.0. The van der Waals surface area contributed by atoms with Crippen LogP contribution in [0.15, 0.2) is 48.5 Å². The van der Waals surface area contributed by atoms with Gasteiger partial charge in [-0.15, -0.1) is 0 Å². The van der Waals surface area contributed by atoms with Crippen molar-refractivity contribution in [2.75, 3.05) is 13.4 Å². The van der Waals surface area contributed by atoms with Crippen LogP contribution in [0.4, 0.5) is 5.69 Å². The maximum Gasteiger partial charge on any atom is 0.355 e. The van der Waals surface area contributed by atoms with Gasteiger partial charge in [0.25, 0.3) is 0 Å². The molecule has 1 aromatic heterocycles. The van der Waals surface area contributed by atoms with Crippen molar-refractivity contribution in [2.24, 2.45) is 0 Å². The number of nitro groups is 1. The molecule has 142 valence electrons. The number of carbonyl (C=O) groups is 1. The number of carbonyl (C=O) groups excluding carboxylic acids is 1. The van der Waals surface area contributed by atoms with E-state index < -0.39 is 10.9 Å². The summed E-state index contributed by atoms with van der Waals surface area (Å²) in [6, 6.07) is 13.7. The Morgan fingerprint density at radius 3 is 2.61 bits per heavy atom. The van der Waals surface area contributed by atoms with E-state index in [0.717, 1.165) is 0 Å². The Bertz CT molecular complexity index is 1060. The lowest BCUT2D eigenvalue weighted by Crippen LogP contribution is -2.06. The summed E-state index contributed by atoms with van der Waals surface area (Å²) >= 11 is 0. The van der Waals surface area contributed by atoms with Crippen molar-refractivity contribution in [3.63, 3.8) is 0 Å². The average Bonchev–Trinajstić information content (AvgIpc) is 3.33. The normalized spacial score (nSPS) is 12.0. The highest BCUT2D eigenvalue weighted by atomic mass is 16.7. The minimum absolute atomic E-state index is 0.0197. The number of benzene rings is 2. The Balaban J connectivity index is 1.98. The molecule has 2 aromatic carbocycles. The van der Waals surface area contributed by atoms with E-state index in [9.17, 15) is 14.9 Å². The molecule has 8 heteroatoms. The van der Waals surface area contributed by atoms with E-state index in [1.165, 1.54) is 0 Å².